The van der Waals surface area contributed by atoms with Gasteiger partial charge in [-0.2, -0.15) is 0 Å². The molecule has 0 aliphatic heterocycles. The highest BCUT2D eigenvalue weighted by molar-refractivity contribution is 5.95. The van der Waals surface area contributed by atoms with Crippen LogP contribution in [0.5, 0.6) is 0 Å². The fourth-order valence-electron chi connectivity index (χ4n) is 9.13. The van der Waals surface area contributed by atoms with Crippen LogP contribution in [-0.4, -0.2) is 4.57 Å². The Morgan fingerprint density at radius 1 is 0.582 bits per heavy atom. The summed E-state index contributed by atoms with van der Waals surface area (Å²) in [6, 6.07) is 62.9. The van der Waals surface area contributed by atoms with Crippen molar-refractivity contribution in [3.05, 3.63) is 216 Å². The van der Waals surface area contributed by atoms with Crippen LogP contribution in [-0.2, 0) is 18.3 Å². The summed E-state index contributed by atoms with van der Waals surface area (Å²) >= 11 is 0. The molecule has 1 heterocycles. The van der Waals surface area contributed by atoms with E-state index in [1.165, 1.54) is 83.4 Å². The molecule has 268 valence electrons. The molecule has 0 spiro atoms. The van der Waals surface area contributed by atoms with E-state index >= 15 is 0 Å². The minimum atomic E-state index is 0.0200. The Morgan fingerprint density at radius 2 is 1.20 bits per heavy atom. The van der Waals surface area contributed by atoms with Crippen molar-refractivity contribution in [3.8, 4) is 39.1 Å². The molecule has 0 fully saturated rings. The van der Waals surface area contributed by atoms with Gasteiger partial charge < -0.3 is 4.57 Å². The Balaban J connectivity index is 0.991. The molecule has 8 aromatic rings. The monoisotopic (exact) mass is 709 g/mol. The van der Waals surface area contributed by atoms with E-state index in [-0.39, 0.29) is 5.41 Å². The molecule has 1 aromatic heterocycles. The zero-order valence-corrected chi connectivity index (χ0v) is 32.1. The van der Waals surface area contributed by atoms with Crippen molar-refractivity contribution >= 4 is 17.0 Å². The van der Waals surface area contributed by atoms with Gasteiger partial charge in [-0.3, -0.25) is 0 Å². The summed E-state index contributed by atoms with van der Waals surface area (Å²) in [5.74, 6) is 0.412. The summed E-state index contributed by atoms with van der Waals surface area (Å²) in [5, 5.41) is 1.23. The quantitative estimate of drug-likeness (QED) is 0.133. The first kappa shape index (κ1) is 34.6. The molecule has 1 heteroatoms. The molecule has 0 bridgehead atoms. The van der Waals surface area contributed by atoms with Gasteiger partial charge >= 0.3 is 0 Å². The Labute approximate surface area is 326 Å². The second-order valence-corrected chi connectivity index (χ2v) is 15.8. The molecule has 1 aliphatic carbocycles. The van der Waals surface area contributed by atoms with E-state index in [1.54, 1.807) is 0 Å². The first-order valence-corrected chi connectivity index (χ1v) is 19.7. The maximum atomic E-state index is 4.23. The Kier molecular flexibility index (Phi) is 8.95. The summed E-state index contributed by atoms with van der Waals surface area (Å²) in [4.78, 5) is 0. The number of aryl methyl sites for hydroxylation is 1. The van der Waals surface area contributed by atoms with E-state index in [9.17, 15) is 0 Å². The molecule has 1 nitrogen and oxygen atoms in total. The van der Waals surface area contributed by atoms with Gasteiger partial charge in [0, 0.05) is 27.7 Å². The minimum absolute atomic E-state index is 0.0200. The Bertz CT molecular complexity index is 2640. The summed E-state index contributed by atoms with van der Waals surface area (Å²) < 4.78 is 2.36. The first-order chi connectivity index (χ1) is 26.9. The molecule has 0 radical (unpaired) electrons. The summed E-state index contributed by atoms with van der Waals surface area (Å²) in [7, 11) is 0. The second-order valence-electron chi connectivity index (χ2n) is 15.8. The molecule has 0 saturated heterocycles. The van der Waals surface area contributed by atoms with Crippen molar-refractivity contribution in [2.24, 2.45) is 0 Å². The highest BCUT2D eigenvalue weighted by Crippen LogP contribution is 2.49. The molecule has 1 atom stereocenters. The molecule has 0 amide bonds. The van der Waals surface area contributed by atoms with Crippen LogP contribution in [0.15, 0.2) is 176 Å². The predicted octanol–water partition coefficient (Wildman–Crippen LogP) is 14.2. The number of benzene rings is 7. The van der Waals surface area contributed by atoms with Crippen molar-refractivity contribution < 1.29 is 0 Å². The van der Waals surface area contributed by atoms with Crippen molar-refractivity contribution in [1.29, 1.82) is 0 Å². The van der Waals surface area contributed by atoms with E-state index in [4.69, 9.17) is 0 Å². The zero-order valence-electron chi connectivity index (χ0n) is 32.1. The topological polar surface area (TPSA) is 4.93 Å². The summed E-state index contributed by atoms with van der Waals surface area (Å²) in [6.45, 7) is 11.2. The van der Waals surface area contributed by atoms with Crippen molar-refractivity contribution in [1.82, 2.24) is 4.57 Å². The van der Waals surface area contributed by atoms with Crippen LogP contribution in [0.25, 0.3) is 56.0 Å². The van der Waals surface area contributed by atoms with Crippen LogP contribution in [0.2, 0.25) is 0 Å². The fourth-order valence-corrected chi connectivity index (χ4v) is 9.13. The van der Waals surface area contributed by atoms with E-state index in [2.05, 4.69) is 202 Å². The average Bonchev–Trinajstić information content (AvgIpc) is 3.65. The number of hydrogen-bond donors (Lipinski definition) is 0. The third-order valence-electron chi connectivity index (χ3n) is 12.2. The van der Waals surface area contributed by atoms with Gasteiger partial charge in [0.25, 0.3) is 0 Å². The predicted molar refractivity (Wildman–Crippen MR) is 234 cm³/mol. The molecule has 0 N–H and O–H groups in total. The Morgan fingerprint density at radius 3 is 1.95 bits per heavy atom. The Hall–Kier alpha value is -6.18. The lowest BCUT2D eigenvalue weighted by Crippen LogP contribution is -2.15. The molecule has 0 saturated carbocycles. The molecule has 1 unspecified atom stereocenters. The van der Waals surface area contributed by atoms with Crippen molar-refractivity contribution in [2.75, 3.05) is 0 Å². The van der Waals surface area contributed by atoms with Gasteiger partial charge in [0.15, 0.2) is 0 Å². The van der Waals surface area contributed by atoms with Crippen LogP contribution in [0.3, 0.4) is 0 Å². The summed E-state index contributed by atoms with van der Waals surface area (Å²) in [5.41, 5.74) is 19.5. The minimum Gasteiger partial charge on any atom is -0.313 e. The average molecular weight is 710 g/mol. The number of rotatable bonds is 10. The lowest BCUT2D eigenvalue weighted by Gasteiger charge is -2.22. The first-order valence-electron chi connectivity index (χ1n) is 19.7. The van der Waals surface area contributed by atoms with Gasteiger partial charge in [-0.25, -0.2) is 0 Å². The van der Waals surface area contributed by atoms with Gasteiger partial charge in [0.05, 0.1) is 5.52 Å². The summed E-state index contributed by atoms with van der Waals surface area (Å²) in [6.07, 6.45) is 5.17. The van der Waals surface area contributed by atoms with E-state index in [1.807, 2.05) is 6.08 Å². The number of hydrogen-bond acceptors (Lipinski definition) is 0. The van der Waals surface area contributed by atoms with E-state index in [0.29, 0.717) is 5.92 Å². The van der Waals surface area contributed by atoms with Gasteiger partial charge in [-0.15, -0.1) is 0 Å². The molecule has 55 heavy (non-hydrogen) atoms. The molecular formula is C54H47N. The van der Waals surface area contributed by atoms with Crippen molar-refractivity contribution in [3.63, 3.8) is 0 Å². The van der Waals surface area contributed by atoms with Crippen LogP contribution in [0.1, 0.15) is 65.3 Å². The third-order valence-corrected chi connectivity index (χ3v) is 12.2. The highest BCUT2D eigenvalue weighted by atomic mass is 15.0. The van der Waals surface area contributed by atoms with Crippen molar-refractivity contribution in [2.45, 2.75) is 51.4 Å². The normalized spacial score (nSPS) is 13.4. The number of nitrogens with zero attached hydrogens (tertiary/aromatic N) is 1. The van der Waals surface area contributed by atoms with Crippen LogP contribution >= 0.6 is 0 Å². The standard InChI is InChI=1S/C54H47N/c1-5-47-37(2)55(46-30-27-41(28-31-46)40-16-10-7-11-17-40)53-33-29-45(36-50(47)53)43-25-23-42(24-26-43)44(34-38-14-8-6-9-15-38)22-20-39-21-32-49-48-18-12-13-19-51(48)54(3,4)52(49)35-39/h5-19,21,23-33,35-36,44H,1,20,22,34H2,2-4H3. The second kappa shape index (κ2) is 14.2. The molecular weight excluding hydrogens is 663 g/mol. The number of aromatic nitrogens is 1. The molecule has 7 aromatic carbocycles. The van der Waals surface area contributed by atoms with Gasteiger partial charge in [0.2, 0.25) is 0 Å². The maximum absolute atomic E-state index is 4.23. The smallest absolute Gasteiger partial charge is 0.0538 e. The maximum Gasteiger partial charge on any atom is 0.0538 e. The van der Waals surface area contributed by atoms with E-state index in [0.717, 1.165) is 24.9 Å². The zero-order chi connectivity index (χ0) is 37.5. The lowest BCUT2D eigenvalue weighted by atomic mass is 9.81. The largest absolute Gasteiger partial charge is 0.313 e. The SMILES string of the molecule is C=Cc1c(C)n(-c2ccc(-c3ccccc3)cc2)c2ccc(-c3ccc(C(CCc4ccc5c(c4)C(C)(C)c4ccccc4-5)Cc4ccccc4)cc3)cc12. The van der Waals surface area contributed by atoms with Crippen LogP contribution < -0.4 is 0 Å². The van der Waals surface area contributed by atoms with Crippen LogP contribution in [0, 0.1) is 6.92 Å². The lowest BCUT2D eigenvalue weighted by molar-refractivity contribution is 0.618. The number of fused-ring (bicyclic) bond motifs is 4. The highest BCUT2D eigenvalue weighted by Gasteiger charge is 2.35. The van der Waals surface area contributed by atoms with Gasteiger partial charge in [-0.1, -0.05) is 172 Å². The molecule has 1 aliphatic rings. The fraction of sp³-hybridized carbons (Fsp3) is 0.148. The van der Waals surface area contributed by atoms with Crippen LogP contribution in [0.4, 0.5) is 0 Å². The van der Waals surface area contributed by atoms with Gasteiger partial charge in [-0.05, 0) is 118 Å². The van der Waals surface area contributed by atoms with Gasteiger partial charge in [0.1, 0.15) is 0 Å². The third kappa shape index (κ3) is 6.34. The van der Waals surface area contributed by atoms with E-state index < -0.39 is 0 Å². The molecule has 9 rings (SSSR count).